The number of nitrogens with zero attached hydrogens (tertiary/aromatic N) is 2. The smallest absolute Gasteiger partial charge is 0.391 e. The zero-order valence-electron chi connectivity index (χ0n) is 10.7. The predicted molar refractivity (Wildman–Crippen MR) is 68.4 cm³/mol. The molecule has 0 saturated carbocycles. The van der Waals surface area contributed by atoms with Gasteiger partial charge in [-0.2, -0.15) is 13.2 Å². The number of anilines is 2. The number of hydrogen-bond donors (Lipinski definition) is 3. The normalized spacial score (nSPS) is 20.2. The van der Waals surface area contributed by atoms with Crippen LogP contribution in [0.2, 0.25) is 0 Å². The molecule has 1 fully saturated rings. The van der Waals surface area contributed by atoms with Crippen molar-refractivity contribution in [3.63, 3.8) is 0 Å². The number of likely N-dealkylation sites (tertiary alicyclic amines) is 1. The second kappa shape index (κ2) is 5.70. The summed E-state index contributed by atoms with van der Waals surface area (Å²) in [4.78, 5) is 18.9. The van der Waals surface area contributed by atoms with Crippen LogP contribution < -0.4 is 16.6 Å². The molecule has 112 valence electrons. The maximum Gasteiger partial charge on any atom is 0.401 e. The molecule has 1 aliphatic heterocycles. The summed E-state index contributed by atoms with van der Waals surface area (Å²) in [6, 6.07) is 0. The molecule has 0 spiro atoms. The van der Waals surface area contributed by atoms with Crippen molar-refractivity contribution in [3.05, 3.63) is 16.7 Å². The molecule has 1 aromatic heterocycles. The molecule has 6 nitrogen and oxygen atoms in total. The Morgan fingerprint density at radius 2 is 2.30 bits per heavy atom. The lowest BCUT2D eigenvalue weighted by Gasteiger charge is -2.18. The Balaban J connectivity index is 1.84. The van der Waals surface area contributed by atoms with Gasteiger partial charge in [-0.25, -0.2) is 4.98 Å². The van der Waals surface area contributed by atoms with Gasteiger partial charge in [0.1, 0.15) is 5.69 Å². The number of rotatable bonds is 4. The van der Waals surface area contributed by atoms with Crippen LogP contribution in [0.4, 0.5) is 24.7 Å². The summed E-state index contributed by atoms with van der Waals surface area (Å²) in [7, 11) is 0. The largest absolute Gasteiger partial charge is 0.401 e. The quantitative estimate of drug-likeness (QED) is 0.758. The average Bonchev–Trinajstić information content (AvgIpc) is 2.76. The molecule has 0 aliphatic carbocycles. The van der Waals surface area contributed by atoms with E-state index in [2.05, 4.69) is 15.3 Å². The van der Waals surface area contributed by atoms with Crippen LogP contribution >= 0.6 is 0 Å². The summed E-state index contributed by atoms with van der Waals surface area (Å²) in [5.41, 5.74) is 5.10. The van der Waals surface area contributed by atoms with Gasteiger partial charge in [0.15, 0.2) is 5.82 Å². The fourth-order valence-corrected chi connectivity index (χ4v) is 2.27. The number of aromatic amines is 1. The molecule has 20 heavy (non-hydrogen) atoms. The fourth-order valence-electron chi connectivity index (χ4n) is 2.27. The zero-order valence-corrected chi connectivity index (χ0v) is 10.7. The Morgan fingerprint density at radius 1 is 1.55 bits per heavy atom. The first-order valence-electron chi connectivity index (χ1n) is 6.21. The Bertz CT molecular complexity index is 516. The predicted octanol–water partition coefficient (Wildman–Crippen LogP) is 0.648. The first-order chi connectivity index (χ1) is 9.35. The minimum Gasteiger partial charge on any atom is -0.391 e. The summed E-state index contributed by atoms with van der Waals surface area (Å²) >= 11 is 0. The van der Waals surface area contributed by atoms with Crippen molar-refractivity contribution in [3.8, 4) is 0 Å². The average molecular weight is 291 g/mol. The molecule has 0 aromatic carbocycles. The van der Waals surface area contributed by atoms with Crippen molar-refractivity contribution in [1.29, 1.82) is 0 Å². The van der Waals surface area contributed by atoms with Crippen molar-refractivity contribution in [2.75, 3.05) is 37.2 Å². The third kappa shape index (κ3) is 3.86. The number of nitrogens with two attached hydrogens (primary N) is 1. The van der Waals surface area contributed by atoms with Gasteiger partial charge in [0.2, 0.25) is 0 Å². The standard InChI is InChI=1S/C11H16F3N5O/c12-11(13,14)5-19-2-1-7(4-19)3-16-9-8(15)10(20)18-6-17-9/h6-7H,1-5,15H2,(H2,16,17,18,20). The molecule has 0 radical (unpaired) electrons. The van der Waals surface area contributed by atoms with Crippen LogP contribution in [0.25, 0.3) is 0 Å². The molecular formula is C11H16F3N5O. The van der Waals surface area contributed by atoms with Gasteiger partial charge in [0.25, 0.3) is 5.56 Å². The maximum atomic E-state index is 12.3. The lowest BCUT2D eigenvalue weighted by atomic mass is 10.1. The molecule has 1 aliphatic rings. The van der Waals surface area contributed by atoms with Crippen molar-refractivity contribution in [2.45, 2.75) is 12.6 Å². The van der Waals surface area contributed by atoms with E-state index in [4.69, 9.17) is 5.73 Å². The molecule has 0 amide bonds. The van der Waals surface area contributed by atoms with E-state index in [9.17, 15) is 18.0 Å². The Labute approximate surface area is 113 Å². The highest BCUT2D eigenvalue weighted by Gasteiger charge is 2.34. The van der Waals surface area contributed by atoms with Crippen LogP contribution in [0.5, 0.6) is 0 Å². The number of H-pyrrole nitrogens is 1. The van der Waals surface area contributed by atoms with E-state index >= 15 is 0 Å². The number of nitrogens with one attached hydrogen (secondary N) is 2. The summed E-state index contributed by atoms with van der Waals surface area (Å²) in [5.74, 6) is 0.348. The molecule has 1 atom stereocenters. The third-order valence-electron chi connectivity index (χ3n) is 3.22. The topological polar surface area (TPSA) is 87.0 Å². The van der Waals surface area contributed by atoms with E-state index in [0.717, 1.165) is 0 Å². The number of nitrogen functional groups attached to an aromatic ring is 1. The van der Waals surface area contributed by atoms with E-state index in [1.807, 2.05) is 0 Å². The van der Waals surface area contributed by atoms with Crippen LogP contribution in [-0.2, 0) is 0 Å². The highest BCUT2D eigenvalue weighted by Crippen LogP contribution is 2.23. The molecule has 1 aromatic rings. The number of halogens is 3. The van der Waals surface area contributed by atoms with Crippen LogP contribution in [0, 0.1) is 5.92 Å². The van der Waals surface area contributed by atoms with Gasteiger partial charge in [0, 0.05) is 13.1 Å². The molecule has 1 saturated heterocycles. The first kappa shape index (κ1) is 14.6. The van der Waals surface area contributed by atoms with E-state index in [0.29, 0.717) is 26.1 Å². The molecule has 2 rings (SSSR count). The van der Waals surface area contributed by atoms with E-state index < -0.39 is 18.3 Å². The van der Waals surface area contributed by atoms with Gasteiger partial charge in [-0.15, -0.1) is 0 Å². The van der Waals surface area contributed by atoms with Crippen LogP contribution in [0.3, 0.4) is 0 Å². The second-order valence-corrected chi connectivity index (χ2v) is 4.88. The second-order valence-electron chi connectivity index (χ2n) is 4.88. The zero-order chi connectivity index (χ0) is 14.8. The number of aromatic nitrogens is 2. The van der Waals surface area contributed by atoms with Crippen molar-refractivity contribution < 1.29 is 13.2 Å². The number of hydrogen-bond acceptors (Lipinski definition) is 5. The maximum absolute atomic E-state index is 12.3. The van der Waals surface area contributed by atoms with E-state index in [-0.39, 0.29) is 17.4 Å². The van der Waals surface area contributed by atoms with Crippen molar-refractivity contribution in [2.24, 2.45) is 5.92 Å². The molecule has 1 unspecified atom stereocenters. The van der Waals surface area contributed by atoms with Crippen LogP contribution in [0.15, 0.2) is 11.1 Å². The summed E-state index contributed by atoms with van der Waals surface area (Å²) in [5, 5.41) is 2.92. The van der Waals surface area contributed by atoms with Gasteiger partial charge in [-0.1, -0.05) is 0 Å². The lowest BCUT2D eigenvalue weighted by Crippen LogP contribution is -2.33. The molecule has 2 heterocycles. The Morgan fingerprint density at radius 3 is 3.00 bits per heavy atom. The lowest BCUT2D eigenvalue weighted by molar-refractivity contribution is -0.143. The monoisotopic (exact) mass is 291 g/mol. The number of alkyl halides is 3. The van der Waals surface area contributed by atoms with Gasteiger partial charge in [-0.05, 0) is 18.9 Å². The van der Waals surface area contributed by atoms with E-state index in [1.54, 1.807) is 0 Å². The summed E-state index contributed by atoms with van der Waals surface area (Å²) in [6.07, 6.45) is -2.27. The van der Waals surface area contributed by atoms with Crippen molar-refractivity contribution >= 4 is 11.5 Å². The van der Waals surface area contributed by atoms with E-state index in [1.165, 1.54) is 11.2 Å². The molecule has 9 heteroatoms. The third-order valence-corrected chi connectivity index (χ3v) is 3.22. The Kier molecular flexibility index (Phi) is 4.17. The van der Waals surface area contributed by atoms with Gasteiger partial charge in [-0.3, -0.25) is 9.69 Å². The SMILES string of the molecule is Nc1c(NCC2CCN(CC(F)(F)F)C2)nc[nH]c1=O. The van der Waals surface area contributed by atoms with Gasteiger partial charge >= 0.3 is 6.18 Å². The highest BCUT2D eigenvalue weighted by molar-refractivity contribution is 5.58. The summed E-state index contributed by atoms with van der Waals surface area (Å²) < 4.78 is 36.8. The minimum atomic E-state index is -4.17. The molecular weight excluding hydrogens is 275 g/mol. The molecule has 0 bridgehead atoms. The summed E-state index contributed by atoms with van der Waals surface area (Å²) in [6.45, 7) is 0.351. The van der Waals surface area contributed by atoms with Crippen molar-refractivity contribution in [1.82, 2.24) is 14.9 Å². The van der Waals surface area contributed by atoms with Crippen LogP contribution in [0.1, 0.15) is 6.42 Å². The van der Waals surface area contributed by atoms with Crippen LogP contribution in [-0.4, -0.2) is 47.2 Å². The van der Waals surface area contributed by atoms with Gasteiger partial charge in [0.05, 0.1) is 12.9 Å². The Hall–Kier alpha value is -1.77. The molecule has 4 N–H and O–H groups in total. The minimum absolute atomic E-state index is 0.0161. The van der Waals surface area contributed by atoms with Gasteiger partial charge < -0.3 is 16.0 Å². The fraction of sp³-hybridized carbons (Fsp3) is 0.636. The first-order valence-corrected chi connectivity index (χ1v) is 6.21. The highest BCUT2D eigenvalue weighted by atomic mass is 19.4.